The quantitative estimate of drug-likeness (QED) is 0.310. The third-order valence-electron chi connectivity index (χ3n) is 5.09. The average molecular weight is 448 g/mol. The van der Waals surface area contributed by atoms with Gasteiger partial charge in [-0.15, -0.1) is 0 Å². The molecule has 174 valence electrons. The van der Waals surface area contributed by atoms with Crippen LogP contribution in [0.15, 0.2) is 72.8 Å². The summed E-state index contributed by atoms with van der Waals surface area (Å²) in [5.74, 6) is -0.525. The van der Waals surface area contributed by atoms with Gasteiger partial charge in [0.15, 0.2) is 0 Å². The number of nitrogens with one attached hydrogen (secondary N) is 2. The van der Waals surface area contributed by atoms with Crippen LogP contribution in [-0.4, -0.2) is 19.0 Å². The second-order valence-electron chi connectivity index (χ2n) is 7.19. The van der Waals surface area contributed by atoms with Crippen LogP contribution >= 0.6 is 0 Å². The van der Waals surface area contributed by atoms with Crippen molar-refractivity contribution in [2.75, 3.05) is 18.2 Å². The minimum atomic E-state index is -0.366. The maximum atomic E-state index is 12.7. The number of esters is 1. The van der Waals surface area contributed by atoms with Crippen molar-refractivity contribution in [1.29, 1.82) is 0 Å². The first kappa shape index (κ1) is 25.5. The van der Waals surface area contributed by atoms with Gasteiger partial charge in [-0.2, -0.15) is 0 Å². The molecule has 0 saturated heterocycles. The third-order valence-corrected chi connectivity index (χ3v) is 5.09. The highest BCUT2D eigenvalue weighted by atomic mass is 16.5. The van der Waals surface area contributed by atoms with Crippen LogP contribution in [0.2, 0.25) is 0 Å². The molecule has 0 bridgehead atoms. The summed E-state index contributed by atoms with van der Waals surface area (Å²) in [7, 11) is 1.36. The van der Waals surface area contributed by atoms with Gasteiger partial charge in [0.1, 0.15) is 0 Å². The number of nitrogen functional groups attached to an aromatic ring is 1. The fourth-order valence-electron chi connectivity index (χ4n) is 3.29. The number of amides is 1. The standard InChI is InChI=1S/C25H27N3O3.C2H6/c1-3-22(18-7-5-4-6-8-18)28-24(29)20-13-14-23(21(26)15-20)27-16-17-9-11-19(12-10-17)25(30)31-2;1-2/h4-15,22,27H,3,16,26H2,1-2H3,(H,28,29);1-2H3. The third kappa shape index (κ3) is 7.10. The highest BCUT2D eigenvalue weighted by molar-refractivity contribution is 5.96. The van der Waals surface area contributed by atoms with E-state index in [9.17, 15) is 9.59 Å². The normalized spacial score (nSPS) is 10.9. The van der Waals surface area contributed by atoms with Crippen molar-refractivity contribution in [3.05, 3.63) is 95.1 Å². The van der Waals surface area contributed by atoms with Crippen molar-refractivity contribution < 1.29 is 14.3 Å². The van der Waals surface area contributed by atoms with Crippen LogP contribution in [0.4, 0.5) is 11.4 Å². The monoisotopic (exact) mass is 447 g/mol. The molecule has 0 radical (unpaired) electrons. The van der Waals surface area contributed by atoms with Gasteiger partial charge in [0.25, 0.3) is 5.91 Å². The van der Waals surface area contributed by atoms with E-state index in [0.29, 0.717) is 23.4 Å². The van der Waals surface area contributed by atoms with E-state index in [4.69, 9.17) is 10.5 Å². The molecule has 3 rings (SSSR count). The van der Waals surface area contributed by atoms with Gasteiger partial charge < -0.3 is 21.1 Å². The number of carbonyl (C=O) groups is 2. The molecule has 0 heterocycles. The minimum absolute atomic E-state index is 0.0549. The van der Waals surface area contributed by atoms with Crippen molar-refractivity contribution in [2.45, 2.75) is 39.8 Å². The van der Waals surface area contributed by atoms with Gasteiger partial charge >= 0.3 is 5.97 Å². The lowest BCUT2D eigenvalue weighted by atomic mass is 10.0. The first-order valence-corrected chi connectivity index (χ1v) is 11.2. The van der Waals surface area contributed by atoms with Gasteiger partial charge in [-0.3, -0.25) is 4.79 Å². The number of ether oxygens (including phenoxy) is 1. The molecular weight excluding hydrogens is 414 g/mol. The van der Waals surface area contributed by atoms with Crippen LogP contribution < -0.4 is 16.4 Å². The molecule has 0 aliphatic carbocycles. The van der Waals surface area contributed by atoms with Gasteiger partial charge in [0, 0.05) is 12.1 Å². The highest BCUT2D eigenvalue weighted by Crippen LogP contribution is 2.22. The first-order chi connectivity index (χ1) is 16.0. The van der Waals surface area contributed by atoms with Gasteiger partial charge in [-0.05, 0) is 47.9 Å². The van der Waals surface area contributed by atoms with E-state index < -0.39 is 0 Å². The minimum Gasteiger partial charge on any atom is -0.465 e. The summed E-state index contributed by atoms with van der Waals surface area (Å²) in [5.41, 5.74) is 10.5. The summed E-state index contributed by atoms with van der Waals surface area (Å²) in [6.45, 7) is 6.57. The number of methoxy groups -OCH3 is 1. The number of carbonyl (C=O) groups excluding carboxylic acids is 2. The Hall–Kier alpha value is -3.80. The number of hydrogen-bond donors (Lipinski definition) is 3. The Morgan fingerprint density at radius 1 is 0.939 bits per heavy atom. The van der Waals surface area contributed by atoms with Crippen LogP contribution in [0, 0.1) is 0 Å². The van der Waals surface area contributed by atoms with E-state index in [1.807, 2.05) is 63.2 Å². The molecule has 0 aliphatic rings. The van der Waals surface area contributed by atoms with Gasteiger partial charge in [0.2, 0.25) is 0 Å². The largest absolute Gasteiger partial charge is 0.465 e. The molecule has 0 aromatic heterocycles. The maximum absolute atomic E-state index is 12.7. The molecule has 1 amide bonds. The van der Waals surface area contributed by atoms with E-state index in [2.05, 4.69) is 10.6 Å². The second kappa shape index (κ2) is 12.9. The molecule has 3 aromatic rings. The Morgan fingerprint density at radius 2 is 1.58 bits per heavy atom. The van der Waals surface area contributed by atoms with Crippen LogP contribution in [-0.2, 0) is 11.3 Å². The molecule has 33 heavy (non-hydrogen) atoms. The van der Waals surface area contributed by atoms with E-state index in [0.717, 1.165) is 23.2 Å². The summed E-state index contributed by atoms with van der Waals surface area (Å²) in [5, 5.41) is 6.33. The fraction of sp³-hybridized carbons (Fsp3) is 0.259. The zero-order valence-electron chi connectivity index (χ0n) is 19.7. The van der Waals surface area contributed by atoms with Crippen molar-refractivity contribution in [3.63, 3.8) is 0 Å². The summed E-state index contributed by atoms with van der Waals surface area (Å²) < 4.78 is 4.70. The summed E-state index contributed by atoms with van der Waals surface area (Å²) >= 11 is 0. The van der Waals surface area contributed by atoms with Crippen molar-refractivity contribution in [1.82, 2.24) is 5.32 Å². The zero-order chi connectivity index (χ0) is 24.2. The number of benzene rings is 3. The average Bonchev–Trinajstić information content (AvgIpc) is 2.87. The molecule has 3 aromatic carbocycles. The van der Waals surface area contributed by atoms with Crippen LogP contribution in [0.5, 0.6) is 0 Å². The molecule has 0 saturated carbocycles. The van der Waals surface area contributed by atoms with Crippen LogP contribution in [0.1, 0.15) is 65.1 Å². The Kier molecular flexibility index (Phi) is 9.96. The predicted molar refractivity (Wildman–Crippen MR) is 134 cm³/mol. The topological polar surface area (TPSA) is 93.5 Å². The lowest BCUT2D eigenvalue weighted by Gasteiger charge is -2.18. The zero-order valence-corrected chi connectivity index (χ0v) is 19.7. The number of nitrogens with two attached hydrogens (primary N) is 1. The molecule has 6 nitrogen and oxygen atoms in total. The molecule has 1 unspecified atom stereocenters. The van der Waals surface area contributed by atoms with Crippen molar-refractivity contribution >= 4 is 23.3 Å². The molecule has 0 spiro atoms. The van der Waals surface area contributed by atoms with E-state index >= 15 is 0 Å². The summed E-state index contributed by atoms with van der Waals surface area (Å²) in [4.78, 5) is 24.2. The van der Waals surface area contributed by atoms with Crippen LogP contribution in [0.3, 0.4) is 0 Å². The lowest BCUT2D eigenvalue weighted by molar-refractivity contribution is 0.0600. The number of hydrogen-bond acceptors (Lipinski definition) is 5. The molecule has 0 fully saturated rings. The van der Waals surface area contributed by atoms with Gasteiger partial charge in [-0.25, -0.2) is 4.79 Å². The molecular formula is C27H33N3O3. The summed E-state index contributed by atoms with van der Waals surface area (Å²) in [6.07, 6.45) is 0.791. The summed E-state index contributed by atoms with van der Waals surface area (Å²) in [6, 6.07) is 22.2. The Morgan fingerprint density at radius 3 is 2.15 bits per heavy atom. The Labute approximate surface area is 196 Å². The Bertz CT molecular complexity index is 1030. The predicted octanol–water partition coefficient (Wildman–Crippen LogP) is 5.57. The first-order valence-electron chi connectivity index (χ1n) is 11.2. The maximum Gasteiger partial charge on any atom is 0.337 e. The van der Waals surface area contributed by atoms with Crippen molar-refractivity contribution in [2.24, 2.45) is 0 Å². The Balaban J connectivity index is 0.00000187. The molecule has 4 N–H and O–H groups in total. The smallest absolute Gasteiger partial charge is 0.337 e. The number of anilines is 2. The van der Waals surface area contributed by atoms with Crippen LogP contribution in [0.25, 0.3) is 0 Å². The van der Waals surface area contributed by atoms with Crippen molar-refractivity contribution in [3.8, 4) is 0 Å². The number of rotatable bonds is 8. The van der Waals surface area contributed by atoms with Gasteiger partial charge in [0.05, 0.1) is 30.1 Å². The van der Waals surface area contributed by atoms with Gasteiger partial charge in [-0.1, -0.05) is 63.2 Å². The highest BCUT2D eigenvalue weighted by Gasteiger charge is 2.15. The molecule has 6 heteroatoms. The fourth-order valence-corrected chi connectivity index (χ4v) is 3.29. The molecule has 0 aliphatic heterocycles. The SMILES string of the molecule is CC.CCC(NC(=O)c1ccc(NCc2ccc(C(=O)OC)cc2)c(N)c1)c1ccccc1. The molecule has 1 atom stereocenters. The van der Waals surface area contributed by atoms with E-state index in [1.54, 1.807) is 30.3 Å². The second-order valence-corrected chi connectivity index (χ2v) is 7.19. The lowest BCUT2D eigenvalue weighted by Crippen LogP contribution is -2.28. The van der Waals surface area contributed by atoms with E-state index in [-0.39, 0.29) is 17.9 Å². The van der Waals surface area contributed by atoms with E-state index in [1.165, 1.54) is 7.11 Å².